The van der Waals surface area contributed by atoms with E-state index >= 15 is 0 Å². The summed E-state index contributed by atoms with van der Waals surface area (Å²) in [5.74, 6) is 0.234. The molecular weight excluding hydrogens is 345 g/mol. The second kappa shape index (κ2) is 6.02. The fourth-order valence-corrected chi connectivity index (χ4v) is 6.44. The molecule has 0 aromatic heterocycles. The molecule has 2 aliphatic heterocycles. The van der Waals surface area contributed by atoms with Crippen molar-refractivity contribution in [3.63, 3.8) is 0 Å². The van der Waals surface area contributed by atoms with Gasteiger partial charge in [0, 0.05) is 24.4 Å². The Kier molecular flexibility index (Phi) is 3.93. The van der Waals surface area contributed by atoms with Gasteiger partial charge in [-0.2, -0.15) is 0 Å². The average molecular weight is 373 g/mol. The van der Waals surface area contributed by atoms with Crippen LogP contribution in [0.15, 0.2) is 24.3 Å². The molecule has 27 heavy (non-hydrogen) atoms. The average Bonchev–Trinajstić information content (AvgIpc) is 3.31. The van der Waals surface area contributed by atoms with Crippen LogP contribution in [-0.4, -0.2) is 30.3 Å². The number of nitrogens with one attached hydrogen (secondary N) is 1. The van der Waals surface area contributed by atoms with Crippen LogP contribution in [0.25, 0.3) is 0 Å². The summed E-state index contributed by atoms with van der Waals surface area (Å²) < 4.78 is 25.3. The summed E-state index contributed by atoms with van der Waals surface area (Å²) in [5, 5.41) is 3.38. The summed E-state index contributed by atoms with van der Waals surface area (Å²) in [5.41, 5.74) is 1.10. The minimum Gasteiger partial charge on any atom is -0.462 e. The number of carbonyl (C=O) groups excluding carboxylic acids is 1. The Morgan fingerprint density at radius 3 is 2.85 bits per heavy atom. The zero-order chi connectivity index (χ0) is 18.8. The lowest BCUT2D eigenvalue weighted by atomic mass is 9.53. The van der Waals surface area contributed by atoms with E-state index in [4.69, 9.17) is 9.47 Å². The van der Waals surface area contributed by atoms with E-state index in [-0.39, 0.29) is 46.8 Å². The summed E-state index contributed by atoms with van der Waals surface area (Å²) in [6, 6.07) is 6.47. The zero-order valence-corrected chi connectivity index (χ0v) is 16.0. The minimum atomic E-state index is -0.232. The van der Waals surface area contributed by atoms with Crippen LogP contribution >= 0.6 is 0 Å². The number of carbonyl (C=O) groups is 1. The second-order valence-electron chi connectivity index (χ2n) is 9.31. The highest BCUT2D eigenvalue weighted by Gasteiger charge is 2.78. The summed E-state index contributed by atoms with van der Waals surface area (Å²) in [6.07, 6.45) is 4.70. The summed E-state index contributed by atoms with van der Waals surface area (Å²) in [6.45, 7) is 5.86. The van der Waals surface area contributed by atoms with E-state index in [1.807, 2.05) is 0 Å². The largest absolute Gasteiger partial charge is 0.462 e. The number of rotatable bonds is 4. The molecule has 0 unspecified atom stereocenters. The number of ether oxygens (including phenoxy) is 2. The fourth-order valence-electron chi connectivity index (χ4n) is 6.44. The summed E-state index contributed by atoms with van der Waals surface area (Å²) in [7, 11) is 0. The molecule has 1 N–H and O–H groups in total. The van der Waals surface area contributed by atoms with E-state index in [1.165, 1.54) is 31.4 Å². The molecule has 1 spiro atoms. The molecule has 1 aromatic rings. The highest BCUT2D eigenvalue weighted by atomic mass is 19.1. The molecule has 2 aliphatic carbocycles. The molecule has 2 saturated heterocycles. The Morgan fingerprint density at radius 1 is 1.30 bits per heavy atom. The van der Waals surface area contributed by atoms with E-state index in [9.17, 15) is 9.18 Å². The molecule has 0 radical (unpaired) electrons. The number of epoxide rings is 1. The van der Waals surface area contributed by atoms with Crippen molar-refractivity contribution in [2.45, 2.75) is 63.9 Å². The van der Waals surface area contributed by atoms with Crippen LogP contribution in [0.5, 0.6) is 0 Å². The lowest BCUT2D eigenvalue weighted by Gasteiger charge is -2.48. The molecule has 5 rings (SSSR count). The smallest absolute Gasteiger partial charge is 0.311 e. The summed E-state index contributed by atoms with van der Waals surface area (Å²) in [4.78, 5) is 12.6. The first kappa shape index (κ1) is 17.6. The van der Waals surface area contributed by atoms with Gasteiger partial charge in [-0.3, -0.25) is 4.79 Å². The predicted molar refractivity (Wildman–Crippen MR) is 98.3 cm³/mol. The maximum absolute atomic E-state index is 13.0. The van der Waals surface area contributed by atoms with Gasteiger partial charge >= 0.3 is 5.97 Å². The molecule has 4 nitrogen and oxygen atoms in total. The third kappa shape index (κ3) is 2.51. The summed E-state index contributed by atoms with van der Waals surface area (Å²) >= 11 is 0. The van der Waals surface area contributed by atoms with Crippen molar-refractivity contribution in [2.75, 3.05) is 6.54 Å². The highest BCUT2D eigenvalue weighted by molar-refractivity contribution is 5.76. The molecule has 5 heteroatoms. The quantitative estimate of drug-likeness (QED) is 0.649. The molecule has 1 aromatic carbocycles. The van der Waals surface area contributed by atoms with Crippen LogP contribution in [0.2, 0.25) is 0 Å². The Balaban J connectivity index is 1.30. The first-order valence-electron chi connectivity index (χ1n) is 10.3. The Labute approximate surface area is 159 Å². The highest BCUT2D eigenvalue weighted by Crippen LogP contribution is 2.70. The molecule has 2 heterocycles. The fraction of sp³-hybridized carbons (Fsp3) is 0.682. The van der Waals surface area contributed by atoms with Crippen LogP contribution in [0.4, 0.5) is 4.39 Å². The van der Waals surface area contributed by atoms with Crippen molar-refractivity contribution in [3.05, 3.63) is 35.6 Å². The first-order chi connectivity index (χ1) is 12.9. The third-order valence-electron chi connectivity index (χ3n) is 7.80. The molecule has 146 valence electrons. The van der Waals surface area contributed by atoms with Gasteiger partial charge in [-0.05, 0) is 42.9 Å². The molecular formula is C22H28FNO3. The topological polar surface area (TPSA) is 50.9 Å². The second-order valence-corrected chi connectivity index (χ2v) is 9.31. The van der Waals surface area contributed by atoms with Gasteiger partial charge < -0.3 is 14.8 Å². The Bertz CT molecular complexity index is 752. The van der Waals surface area contributed by atoms with Crippen molar-refractivity contribution in [1.29, 1.82) is 0 Å². The van der Waals surface area contributed by atoms with E-state index in [0.717, 1.165) is 12.0 Å². The molecule has 0 amide bonds. The SMILES string of the molecule is C[C@@H]1CCC[C@]2(C)C[C@H]3OC(=O)[C@@H](CNCc4ccc(F)cc4)[C@H]3[C@@H]3O[C@@]132. The normalized spacial score (nSPS) is 44.9. The van der Waals surface area contributed by atoms with Gasteiger partial charge in [0.15, 0.2) is 0 Å². The van der Waals surface area contributed by atoms with Gasteiger partial charge in [-0.25, -0.2) is 4.39 Å². The standard InChI is InChI=1S/C22H28FNO3/c1-13-4-3-9-21(2)10-17-18(19-22(13,21)27-19)16(20(25)26-17)12-24-11-14-5-7-15(23)8-6-14/h5-8,13,16-19,24H,3-4,9-12H2,1-2H3/t13-,16+,17-,18-,19+,21-,22+/m1/s1. The lowest BCUT2D eigenvalue weighted by molar-refractivity contribution is -0.146. The van der Waals surface area contributed by atoms with Gasteiger partial charge in [-0.1, -0.05) is 32.4 Å². The number of hydrogen-bond donors (Lipinski definition) is 1. The maximum Gasteiger partial charge on any atom is 0.311 e. The van der Waals surface area contributed by atoms with Crippen molar-refractivity contribution in [3.8, 4) is 0 Å². The predicted octanol–water partition coefficient (Wildman–Crippen LogP) is 3.44. The van der Waals surface area contributed by atoms with Gasteiger partial charge in [0.1, 0.15) is 17.5 Å². The number of halogens is 1. The number of fused-ring (bicyclic) bond motifs is 2. The van der Waals surface area contributed by atoms with E-state index in [2.05, 4.69) is 19.2 Å². The van der Waals surface area contributed by atoms with Gasteiger partial charge in [0.2, 0.25) is 0 Å². The maximum atomic E-state index is 13.0. The van der Waals surface area contributed by atoms with E-state index in [1.54, 1.807) is 12.1 Å². The van der Waals surface area contributed by atoms with Crippen LogP contribution in [-0.2, 0) is 20.8 Å². The number of benzene rings is 1. The third-order valence-corrected chi connectivity index (χ3v) is 7.80. The zero-order valence-electron chi connectivity index (χ0n) is 16.0. The molecule has 4 aliphatic rings. The van der Waals surface area contributed by atoms with Gasteiger partial charge in [-0.15, -0.1) is 0 Å². The van der Waals surface area contributed by atoms with E-state index < -0.39 is 0 Å². The van der Waals surface area contributed by atoms with Crippen molar-refractivity contribution >= 4 is 5.97 Å². The first-order valence-corrected chi connectivity index (χ1v) is 10.3. The molecule has 2 saturated carbocycles. The molecule has 0 bridgehead atoms. The number of esters is 1. The van der Waals surface area contributed by atoms with Crippen LogP contribution < -0.4 is 5.32 Å². The van der Waals surface area contributed by atoms with Crippen LogP contribution in [0.1, 0.15) is 45.1 Å². The number of hydrogen-bond acceptors (Lipinski definition) is 4. The van der Waals surface area contributed by atoms with Crippen molar-refractivity contribution < 1.29 is 18.7 Å². The molecule has 7 atom stereocenters. The lowest BCUT2D eigenvalue weighted by Crippen LogP contribution is -2.54. The van der Waals surface area contributed by atoms with Crippen molar-refractivity contribution in [2.24, 2.45) is 23.2 Å². The Morgan fingerprint density at radius 2 is 2.07 bits per heavy atom. The molecule has 4 fully saturated rings. The van der Waals surface area contributed by atoms with Crippen LogP contribution in [0.3, 0.4) is 0 Å². The van der Waals surface area contributed by atoms with E-state index in [0.29, 0.717) is 19.0 Å². The van der Waals surface area contributed by atoms with Gasteiger partial charge in [0.05, 0.1) is 12.0 Å². The minimum absolute atomic E-state index is 0.00829. The van der Waals surface area contributed by atoms with Crippen molar-refractivity contribution in [1.82, 2.24) is 5.32 Å². The Hall–Kier alpha value is -1.46. The van der Waals surface area contributed by atoms with Gasteiger partial charge in [0.25, 0.3) is 0 Å². The van der Waals surface area contributed by atoms with Crippen LogP contribution in [0, 0.1) is 29.0 Å². The monoisotopic (exact) mass is 373 g/mol.